The Balaban J connectivity index is 1.01. The van der Waals surface area contributed by atoms with Gasteiger partial charge in [-0.25, -0.2) is 13.1 Å². The summed E-state index contributed by atoms with van der Waals surface area (Å²) in [6.07, 6.45) is 4.99. The second-order valence-corrected chi connectivity index (χ2v) is 20.2. The Morgan fingerprint density at radius 3 is 2.51 bits per heavy atom. The summed E-state index contributed by atoms with van der Waals surface area (Å²) in [5.41, 5.74) is 6.62. The number of fused-ring (bicyclic) bond motifs is 3. The van der Waals surface area contributed by atoms with Gasteiger partial charge in [0.2, 0.25) is 0 Å². The SMILES string of the molecule is CN(C)C[C@H](CSc1ccccc1)Nc1ccc(S(=O)(=O)NC(=O)c2ccc3c(c2)CC[C@@H]2CN(CC4=C(c5ccc(Cl)cc5)CCC(C)(C)C4)CCN32)cc1[N+](=O)[O-]. The highest BCUT2D eigenvalue weighted by Gasteiger charge is 2.35. The van der Waals surface area contributed by atoms with Crippen molar-refractivity contribution in [3.63, 3.8) is 0 Å². The van der Waals surface area contributed by atoms with Crippen LogP contribution in [0.2, 0.25) is 5.02 Å². The van der Waals surface area contributed by atoms with E-state index in [1.165, 1.54) is 28.8 Å². The second kappa shape index (κ2) is 18.1. The lowest BCUT2D eigenvalue weighted by Crippen LogP contribution is -2.55. The molecule has 0 radical (unpaired) electrons. The highest BCUT2D eigenvalue weighted by molar-refractivity contribution is 7.99. The Kier molecular flexibility index (Phi) is 13.1. The Hall–Kier alpha value is -4.40. The van der Waals surface area contributed by atoms with Gasteiger partial charge in [0.15, 0.2) is 0 Å². The fourth-order valence-corrected chi connectivity index (χ4v) is 10.7. The molecule has 59 heavy (non-hydrogen) atoms. The van der Waals surface area contributed by atoms with E-state index < -0.39 is 26.5 Å². The average molecular weight is 858 g/mol. The number of carbonyl (C=O) groups excluding carboxylic acids is 1. The number of benzene rings is 4. The van der Waals surface area contributed by atoms with Crippen molar-refractivity contribution in [2.75, 3.05) is 62.8 Å². The number of likely N-dealkylation sites (N-methyl/N-ethyl adjacent to an activating group) is 1. The summed E-state index contributed by atoms with van der Waals surface area (Å²) in [4.78, 5) is 32.8. The van der Waals surface area contributed by atoms with E-state index in [-0.39, 0.29) is 27.6 Å². The molecule has 0 spiro atoms. The van der Waals surface area contributed by atoms with E-state index in [0.29, 0.717) is 18.3 Å². The molecule has 14 heteroatoms. The molecule has 7 rings (SSSR count). The van der Waals surface area contributed by atoms with Crippen LogP contribution in [0.4, 0.5) is 17.1 Å². The molecule has 1 amide bonds. The number of nitrogens with one attached hydrogen (secondary N) is 2. The fourth-order valence-electron chi connectivity index (χ4n) is 8.70. The first-order valence-electron chi connectivity index (χ1n) is 20.2. The number of hydrogen-bond donors (Lipinski definition) is 2. The van der Waals surface area contributed by atoms with Gasteiger partial charge in [-0.05, 0) is 123 Å². The number of piperazine rings is 1. The van der Waals surface area contributed by atoms with Gasteiger partial charge in [-0.15, -0.1) is 11.8 Å². The Morgan fingerprint density at radius 2 is 1.78 bits per heavy atom. The maximum absolute atomic E-state index is 13.5. The molecule has 312 valence electrons. The van der Waals surface area contributed by atoms with Crippen molar-refractivity contribution in [2.45, 2.75) is 67.8 Å². The van der Waals surface area contributed by atoms with Gasteiger partial charge in [-0.1, -0.05) is 61.4 Å². The van der Waals surface area contributed by atoms with Crippen molar-refractivity contribution in [3.05, 3.63) is 128 Å². The molecule has 4 aromatic carbocycles. The third-order valence-corrected chi connectivity index (χ3v) is 14.3. The molecule has 3 aliphatic rings. The highest BCUT2D eigenvalue weighted by atomic mass is 35.5. The van der Waals surface area contributed by atoms with Crippen LogP contribution in [0.1, 0.15) is 61.0 Å². The zero-order chi connectivity index (χ0) is 41.9. The number of sulfonamides is 1. The number of nitro groups is 1. The molecule has 2 N–H and O–H groups in total. The lowest BCUT2D eigenvalue weighted by Gasteiger charge is -2.47. The number of amides is 1. The summed E-state index contributed by atoms with van der Waals surface area (Å²) in [6.45, 7) is 8.98. The van der Waals surface area contributed by atoms with Gasteiger partial charge < -0.3 is 15.1 Å². The van der Waals surface area contributed by atoms with Gasteiger partial charge in [-0.3, -0.25) is 19.8 Å². The minimum Gasteiger partial charge on any atom is -0.375 e. The highest BCUT2D eigenvalue weighted by Crippen LogP contribution is 2.43. The topological polar surface area (TPSA) is 128 Å². The number of thioether (sulfide) groups is 1. The molecule has 2 heterocycles. The van der Waals surface area contributed by atoms with Crippen LogP contribution in [0.25, 0.3) is 5.57 Å². The van der Waals surface area contributed by atoms with Crippen LogP contribution < -0.4 is 14.9 Å². The van der Waals surface area contributed by atoms with Gasteiger partial charge in [0, 0.05) is 77.8 Å². The summed E-state index contributed by atoms with van der Waals surface area (Å²) in [6, 6.07) is 27.3. The maximum atomic E-state index is 13.5. The predicted octanol–water partition coefficient (Wildman–Crippen LogP) is 8.60. The number of allylic oxidation sites excluding steroid dienone is 1. The van der Waals surface area contributed by atoms with Crippen LogP contribution in [0.15, 0.2) is 106 Å². The summed E-state index contributed by atoms with van der Waals surface area (Å²) < 4.78 is 29.2. The van der Waals surface area contributed by atoms with Crippen LogP contribution >= 0.6 is 23.4 Å². The monoisotopic (exact) mass is 856 g/mol. The van der Waals surface area contributed by atoms with Crippen LogP contribution in [0.5, 0.6) is 0 Å². The molecule has 0 saturated carbocycles. The summed E-state index contributed by atoms with van der Waals surface area (Å²) in [7, 11) is -0.590. The first-order valence-corrected chi connectivity index (χ1v) is 23.0. The number of anilines is 2. The molecular weight excluding hydrogens is 804 g/mol. The van der Waals surface area contributed by atoms with Gasteiger partial charge in [0.1, 0.15) is 5.69 Å². The maximum Gasteiger partial charge on any atom is 0.293 e. The smallest absolute Gasteiger partial charge is 0.293 e. The minimum atomic E-state index is -4.43. The number of aryl methyl sites for hydroxylation is 1. The van der Waals surface area contributed by atoms with Crippen molar-refractivity contribution in [1.29, 1.82) is 0 Å². The van der Waals surface area contributed by atoms with Gasteiger partial charge in [0.05, 0.1) is 9.82 Å². The van der Waals surface area contributed by atoms with E-state index in [9.17, 15) is 23.3 Å². The summed E-state index contributed by atoms with van der Waals surface area (Å²) in [5.74, 6) is -0.162. The second-order valence-electron chi connectivity index (χ2n) is 17.0. The number of hydrogen-bond acceptors (Lipinski definition) is 10. The van der Waals surface area contributed by atoms with E-state index in [1.807, 2.05) is 67.5 Å². The molecule has 2 atom stereocenters. The molecule has 1 aliphatic carbocycles. The molecule has 2 aliphatic heterocycles. The van der Waals surface area contributed by atoms with E-state index in [2.05, 4.69) is 45.8 Å². The van der Waals surface area contributed by atoms with Gasteiger partial charge in [0.25, 0.3) is 21.6 Å². The van der Waals surface area contributed by atoms with E-state index in [0.717, 1.165) is 85.5 Å². The average Bonchev–Trinajstić information content (AvgIpc) is 3.20. The quantitative estimate of drug-likeness (QED) is 0.0723. The number of halogens is 1. The van der Waals surface area contributed by atoms with Crippen LogP contribution in [-0.4, -0.2) is 93.7 Å². The molecule has 1 fully saturated rings. The normalized spacial score (nSPS) is 18.5. The first kappa shape index (κ1) is 42.7. The van der Waals surface area contributed by atoms with E-state index in [4.69, 9.17) is 11.6 Å². The molecule has 0 aromatic heterocycles. The molecule has 4 aromatic rings. The molecule has 1 saturated heterocycles. The molecular formula is C45H53ClN6O5S2. The summed E-state index contributed by atoms with van der Waals surface area (Å²) in [5, 5.41) is 16.2. The van der Waals surface area contributed by atoms with Crippen LogP contribution in [0.3, 0.4) is 0 Å². The third kappa shape index (κ3) is 10.5. The lowest BCUT2D eigenvalue weighted by atomic mass is 9.72. The predicted molar refractivity (Wildman–Crippen MR) is 239 cm³/mol. The molecule has 0 bridgehead atoms. The summed E-state index contributed by atoms with van der Waals surface area (Å²) >= 11 is 7.85. The van der Waals surface area contributed by atoms with Gasteiger partial charge >= 0.3 is 0 Å². The van der Waals surface area contributed by atoms with E-state index >= 15 is 0 Å². The lowest BCUT2D eigenvalue weighted by molar-refractivity contribution is -0.384. The number of nitro benzene ring substituents is 1. The van der Waals surface area contributed by atoms with Crippen molar-refractivity contribution >= 4 is 61.9 Å². The third-order valence-electron chi connectivity index (χ3n) is 11.6. The van der Waals surface area contributed by atoms with E-state index in [1.54, 1.807) is 23.9 Å². The van der Waals surface area contributed by atoms with Gasteiger partial charge in [-0.2, -0.15) is 0 Å². The minimum absolute atomic E-state index is 0.181. The Morgan fingerprint density at radius 1 is 1.02 bits per heavy atom. The Bertz CT molecular complexity index is 2320. The Labute approximate surface area is 357 Å². The molecule has 0 unspecified atom stereocenters. The van der Waals surface area contributed by atoms with Crippen LogP contribution in [-0.2, 0) is 16.4 Å². The number of nitrogens with zero attached hydrogens (tertiary/aromatic N) is 4. The zero-order valence-corrected chi connectivity index (χ0v) is 36.5. The van der Waals surface area contributed by atoms with Crippen molar-refractivity contribution in [3.8, 4) is 0 Å². The standard InChI is InChI=1S/C45H53ClN6O5S2/c1-45(2)21-20-40(31-10-14-35(46)15-11-31)34(26-45)27-50-22-23-51-37(29-50)16-12-32-24-33(13-19-42(32)51)44(53)48-59(56,57)39-17-18-41(43(25-39)52(54)55)47-36(28-49(3)4)30-58-38-8-6-5-7-9-38/h5-11,13-15,17-19,24-25,36-37,47H,12,16,20-23,26-30H2,1-4H3,(H,48,53)/t36-,37-/m1/s1. The van der Waals surface area contributed by atoms with Crippen molar-refractivity contribution in [2.24, 2.45) is 5.41 Å². The van der Waals surface area contributed by atoms with Crippen molar-refractivity contribution in [1.82, 2.24) is 14.5 Å². The number of carbonyl (C=O) groups is 1. The number of rotatable bonds is 14. The zero-order valence-electron chi connectivity index (χ0n) is 34.1. The largest absolute Gasteiger partial charge is 0.375 e. The first-order chi connectivity index (χ1) is 28.1. The molecule has 11 nitrogen and oxygen atoms in total. The van der Waals surface area contributed by atoms with Crippen molar-refractivity contribution < 1.29 is 18.1 Å². The fraction of sp³-hybridized carbons (Fsp3) is 0.400. The van der Waals surface area contributed by atoms with Crippen LogP contribution in [0, 0.1) is 15.5 Å².